The molecule has 100 valence electrons. The first-order chi connectivity index (χ1) is 9.17. The Hall–Kier alpha value is -1.51. The summed E-state index contributed by atoms with van der Waals surface area (Å²) in [5.41, 5.74) is 3.22. The Kier molecular flexibility index (Phi) is 4.46. The molecular formula is C16H18ClNO. The second kappa shape index (κ2) is 6.09. The van der Waals surface area contributed by atoms with E-state index in [9.17, 15) is 0 Å². The summed E-state index contributed by atoms with van der Waals surface area (Å²) in [6.45, 7) is 2.12. The molecule has 0 fully saturated rings. The lowest BCUT2D eigenvalue weighted by Gasteiger charge is -2.15. The van der Waals surface area contributed by atoms with Crippen LogP contribution >= 0.6 is 11.6 Å². The number of benzene rings is 2. The Balaban J connectivity index is 2.57. The van der Waals surface area contributed by atoms with E-state index >= 15 is 0 Å². The summed E-state index contributed by atoms with van der Waals surface area (Å²) in [5, 5.41) is 3.97. The number of ether oxygens (including phenoxy) is 1. The maximum Gasteiger partial charge on any atom is 0.126 e. The number of hydrogen-bond acceptors (Lipinski definition) is 2. The lowest BCUT2D eigenvalue weighted by Crippen LogP contribution is -2.12. The van der Waals surface area contributed by atoms with E-state index in [4.69, 9.17) is 16.3 Å². The molecule has 1 atom stereocenters. The van der Waals surface area contributed by atoms with Crippen LogP contribution in [0.4, 0.5) is 0 Å². The van der Waals surface area contributed by atoms with Crippen molar-refractivity contribution in [2.45, 2.75) is 13.0 Å². The third-order valence-electron chi connectivity index (χ3n) is 3.32. The number of methoxy groups -OCH3 is 1. The van der Waals surface area contributed by atoms with E-state index in [-0.39, 0.29) is 6.04 Å². The summed E-state index contributed by atoms with van der Waals surface area (Å²) in [7, 11) is 3.63. The van der Waals surface area contributed by atoms with E-state index in [1.54, 1.807) is 7.11 Å². The van der Waals surface area contributed by atoms with Gasteiger partial charge in [0, 0.05) is 22.2 Å². The molecule has 0 spiro atoms. The van der Waals surface area contributed by atoms with Crippen LogP contribution in [0.3, 0.4) is 0 Å². The van der Waals surface area contributed by atoms with Gasteiger partial charge in [-0.25, -0.2) is 0 Å². The molecule has 1 N–H and O–H groups in total. The normalized spacial score (nSPS) is 12.2. The summed E-state index contributed by atoms with van der Waals surface area (Å²) in [5.74, 6) is 0.833. The van der Waals surface area contributed by atoms with Crippen molar-refractivity contribution < 1.29 is 4.74 Å². The van der Waals surface area contributed by atoms with Crippen molar-refractivity contribution in [2.75, 3.05) is 14.2 Å². The van der Waals surface area contributed by atoms with Gasteiger partial charge in [0.1, 0.15) is 5.75 Å². The molecule has 0 bridgehead atoms. The van der Waals surface area contributed by atoms with Gasteiger partial charge in [-0.15, -0.1) is 0 Å². The molecule has 3 heteroatoms. The number of rotatable bonds is 4. The second-order valence-corrected chi connectivity index (χ2v) is 4.86. The molecule has 2 aromatic rings. The van der Waals surface area contributed by atoms with Gasteiger partial charge in [-0.05, 0) is 37.7 Å². The van der Waals surface area contributed by atoms with Gasteiger partial charge in [0.15, 0.2) is 0 Å². The quantitative estimate of drug-likeness (QED) is 0.898. The molecule has 2 rings (SSSR count). The van der Waals surface area contributed by atoms with Crippen LogP contribution in [0.25, 0.3) is 11.1 Å². The molecule has 0 aromatic heterocycles. The molecule has 0 saturated heterocycles. The zero-order valence-electron chi connectivity index (χ0n) is 11.4. The molecule has 0 saturated carbocycles. The topological polar surface area (TPSA) is 21.3 Å². The maximum atomic E-state index is 6.28. The van der Waals surface area contributed by atoms with E-state index in [1.807, 2.05) is 37.4 Å². The van der Waals surface area contributed by atoms with Crippen molar-refractivity contribution >= 4 is 11.6 Å². The summed E-state index contributed by atoms with van der Waals surface area (Å²) < 4.78 is 5.44. The number of hydrogen-bond donors (Lipinski definition) is 1. The lowest BCUT2D eigenvalue weighted by atomic mass is 9.99. The highest BCUT2D eigenvalue weighted by molar-refractivity contribution is 6.33. The zero-order chi connectivity index (χ0) is 13.8. The Bertz CT molecular complexity index is 568. The maximum absolute atomic E-state index is 6.28. The Labute approximate surface area is 119 Å². The minimum absolute atomic E-state index is 0.284. The van der Waals surface area contributed by atoms with Gasteiger partial charge < -0.3 is 10.1 Å². The highest BCUT2D eigenvalue weighted by atomic mass is 35.5. The highest BCUT2D eigenvalue weighted by Crippen LogP contribution is 2.36. The Morgan fingerprint density at radius 2 is 1.84 bits per heavy atom. The standard InChI is InChI=1S/C16H18ClNO/c1-11(18-2)12-8-9-16(19-3)14(10-12)13-6-4-5-7-15(13)17/h4-11,18H,1-3H3. The van der Waals surface area contributed by atoms with Gasteiger partial charge in [-0.1, -0.05) is 35.9 Å². The molecular weight excluding hydrogens is 258 g/mol. The minimum atomic E-state index is 0.284. The van der Waals surface area contributed by atoms with Crippen LogP contribution in [0, 0.1) is 0 Å². The molecule has 0 amide bonds. The van der Waals surface area contributed by atoms with Crippen molar-refractivity contribution in [1.29, 1.82) is 0 Å². The van der Waals surface area contributed by atoms with Crippen molar-refractivity contribution in [3.05, 3.63) is 53.1 Å². The smallest absolute Gasteiger partial charge is 0.126 e. The second-order valence-electron chi connectivity index (χ2n) is 4.45. The van der Waals surface area contributed by atoms with E-state index in [0.717, 1.165) is 21.9 Å². The number of halogens is 1. The van der Waals surface area contributed by atoms with Crippen molar-refractivity contribution in [2.24, 2.45) is 0 Å². The van der Waals surface area contributed by atoms with Crippen LogP contribution in [0.1, 0.15) is 18.5 Å². The first-order valence-corrected chi connectivity index (χ1v) is 6.65. The third-order valence-corrected chi connectivity index (χ3v) is 3.65. The van der Waals surface area contributed by atoms with Gasteiger partial charge in [0.05, 0.1) is 7.11 Å². The van der Waals surface area contributed by atoms with E-state index in [1.165, 1.54) is 5.56 Å². The Morgan fingerprint density at radius 3 is 2.47 bits per heavy atom. The largest absolute Gasteiger partial charge is 0.496 e. The lowest BCUT2D eigenvalue weighted by molar-refractivity contribution is 0.416. The molecule has 2 aromatic carbocycles. The fourth-order valence-electron chi connectivity index (χ4n) is 2.05. The molecule has 1 unspecified atom stereocenters. The highest BCUT2D eigenvalue weighted by Gasteiger charge is 2.12. The van der Waals surface area contributed by atoms with Crippen LogP contribution < -0.4 is 10.1 Å². The van der Waals surface area contributed by atoms with E-state index < -0.39 is 0 Å². The van der Waals surface area contributed by atoms with E-state index in [2.05, 4.69) is 24.4 Å². The first-order valence-electron chi connectivity index (χ1n) is 6.27. The van der Waals surface area contributed by atoms with Crippen molar-refractivity contribution in [3.63, 3.8) is 0 Å². The number of nitrogens with one attached hydrogen (secondary N) is 1. The van der Waals surface area contributed by atoms with Gasteiger partial charge in [-0.3, -0.25) is 0 Å². The average Bonchev–Trinajstić information content (AvgIpc) is 2.46. The molecule has 19 heavy (non-hydrogen) atoms. The van der Waals surface area contributed by atoms with Crippen LogP contribution in [0.2, 0.25) is 5.02 Å². The van der Waals surface area contributed by atoms with Crippen molar-refractivity contribution in [1.82, 2.24) is 5.32 Å². The summed E-state index contributed by atoms with van der Waals surface area (Å²) in [4.78, 5) is 0. The van der Waals surface area contributed by atoms with Crippen LogP contribution in [0.15, 0.2) is 42.5 Å². The molecule has 0 aliphatic carbocycles. The molecule has 2 nitrogen and oxygen atoms in total. The zero-order valence-corrected chi connectivity index (χ0v) is 12.2. The SMILES string of the molecule is CNC(C)c1ccc(OC)c(-c2ccccc2Cl)c1. The molecule has 0 aliphatic heterocycles. The monoisotopic (exact) mass is 275 g/mol. The predicted molar refractivity (Wildman–Crippen MR) is 80.9 cm³/mol. The Morgan fingerprint density at radius 1 is 1.11 bits per heavy atom. The van der Waals surface area contributed by atoms with Crippen LogP contribution in [-0.2, 0) is 0 Å². The summed E-state index contributed by atoms with van der Waals surface area (Å²) in [6, 6.07) is 14.3. The first kappa shape index (κ1) is 13.9. The van der Waals surface area contributed by atoms with Crippen LogP contribution in [0.5, 0.6) is 5.75 Å². The fraction of sp³-hybridized carbons (Fsp3) is 0.250. The molecule has 0 aliphatic rings. The van der Waals surface area contributed by atoms with E-state index in [0.29, 0.717) is 0 Å². The van der Waals surface area contributed by atoms with Crippen LogP contribution in [-0.4, -0.2) is 14.2 Å². The average molecular weight is 276 g/mol. The summed E-state index contributed by atoms with van der Waals surface area (Å²) >= 11 is 6.28. The molecule has 0 heterocycles. The fourth-order valence-corrected chi connectivity index (χ4v) is 2.29. The third kappa shape index (κ3) is 2.91. The summed E-state index contributed by atoms with van der Waals surface area (Å²) in [6.07, 6.45) is 0. The minimum Gasteiger partial charge on any atom is -0.496 e. The predicted octanol–water partition coefficient (Wildman–Crippen LogP) is 4.30. The van der Waals surface area contributed by atoms with Gasteiger partial charge in [0.2, 0.25) is 0 Å². The van der Waals surface area contributed by atoms with Gasteiger partial charge in [0.25, 0.3) is 0 Å². The van der Waals surface area contributed by atoms with Crippen molar-refractivity contribution in [3.8, 4) is 16.9 Å². The molecule has 0 radical (unpaired) electrons. The van der Waals surface area contributed by atoms with Gasteiger partial charge in [-0.2, -0.15) is 0 Å². The van der Waals surface area contributed by atoms with Gasteiger partial charge >= 0.3 is 0 Å².